The van der Waals surface area contributed by atoms with Crippen molar-refractivity contribution in [3.8, 4) is 11.5 Å². The molecule has 0 aromatic heterocycles. The van der Waals surface area contributed by atoms with Crippen LogP contribution in [0.2, 0.25) is 0 Å². The van der Waals surface area contributed by atoms with Crippen LogP contribution >= 0.6 is 0 Å². The smallest absolute Gasteiger partial charge is 0.496 e. The maximum absolute atomic E-state index is 13.3. The van der Waals surface area contributed by atoms with Gasteiger partial charge in [0.2, 0.25) is 0 Å². The highest BCUT2D eigenvalue weighted by atomic mass is 19.2. The van der Waals surface area contributed by atoms with Crippen molar-refractivity contribution in [2.75, 3.05) is 0 Å². The average Bonchev–Trinajstić information content (AvgIpc) is 2.38. The van der Waals surface area contributed by atoms with Crippen molar-refractivity contribution in [1.82, 2.24) is 0 Å². The summed E-state index contributed by atoms with van der Waals surface area (Å²) >= 11 is 0. The Kier molecular flexibility index (Phi) is 4.50. The van der Waals surface area contributed by atoms with Gasteiger partial charge in [0, 0.05) is 24.3 Å². The highest BCUT2D eigenvalue weighted by molar-refractivity contribution is 6.36. The molecule has 116 valence electrons. The van der Waals surface area contributed by atoms with Gasteiger partial charge in [0.05, 0.1) is 0 Å². The lowest BCUT2D eigenvalue weighted by atomic mass is 10.2. The van der Waals surface area contributed by atoms with Crippen LogP contribution < -0.4 is 9.31 Å². The molecule has 0 saturated carbocycles. The molecule has 0 aliphatic carbocycles. The van der Waals surface area contributed by atoms with Crippen LogP contribution in [0.15, 0.2) is 24.3 Å². The predicted molar refractivity (Wildman–Crippen MR) is 61.9 cm³/mol. The van der Waals surface area contributed by atoms with Gasteiger partial charge in [-0.15, -0.1) is 0 Å². The molecular weight excluding hydrogens is 317 g/mol. The monoisotopic (exact) mass is 322 g/mol. The topological polar surface area (TPSA) is 38.7 Å². The number of rotatable bonds is 4. The standard InChI is InChI=1S/C12H5BF6O3/c14-5-1-7(16)11(8(17)2-5)21-13(20)22-12-9(18)3-6(15)4-10(12)19/h1-4,20H. The van der Waals surface area contributed by atoms with Gasteiger partial charge in [-0.2, -0.15) is 0 Å². The molecule has 10 heteroatoms. The lowest BCUT2D eigenvalue weighted by Gasteiger charge is -2.13. The molecule has 0 bridgehead atoms. The molecule has 2 aromatic carbocycles. The van der Waals surface area contributed by atoms with Crippen LogP contribution in [0.1, 0.15) is 0 Å². The molecule has 0 atom stereocenters. The zero-order valence-electron chi connectivity index (χ0n) is 10.4. The van der Waals surface area contributed by atoms with E-state index in [-0.39, 0.29) is 24.3 Å². The molecule has 0 aliphatic rings. The van der Waals surface area contributed by atoms with Crippen LogP contribution in [0.25, 0.3) is 0 Å². The van der Waals surface area contributed by atoms with E-state index in [0.29, 0.717) is 0 Å². The van der Waals surface area contributed by atoms with Gasteiger partial charge in [-0.05, 0) is 0 Å². The van der Waals surface area contributed by atoms with Crippen LogP contribution in [-0.2, 0) is 0 Å². The molecule has 0 aliphatic heterocycles. The number of hydrogen-bond acceptors (Lipinski definition) is 3. The minimum Gasteiger partial charge on any atom is -0.496 e. The van der Waals surface area contributed by atoms with E-state index in [2.05, 4.69) is 9.31 Å². The Morgan fingerprint density at radius 3 is 1.18 bits per heavy atom. The summed E-state index contributed by atoms with van der Waals surface area (Å²) in [5.41, 5.74) is 0. The fourth-order valence-electron chi connectivity index (χ4n) is 1.51. The molecule has 2 aromatic rings. The van der Waals surface area contributed by atoms with Crippen molar-refractivity contribution in [2.45, 2.75) is 0 Å². The summed E-state index contributed by atoms with van der Waals surface area (Å²) in [7, 11) is -2.54. The van der Waals surface area contributed by atoms with E-state index in [4.69, 9.17) is 0 Å². The molecule has 1 N–H and O–H groups in total. The largest absolute Gasteiger partial charge is 0.785 e. The summed E-state index contributed by atoms with van der Waals surface area (Å²) in [6.45, 7) is 0. The van der Waals surface area contributed by atoms with Crippen LogP contribution in [0.4, 0.5) is 26.3 Å². The second-order valence-electron chi connectivity index (χ2n) is 3.94. The Morgan fingerprint density at radius 2 is 0.909 bits per heavy atom. The van der Waals surface area contributed by atoms with Crippen molar-refractivity contribution >= 4 is 7.32 Å². The van der Waals surface area contributed by atoms with Crippen LogP contribution in [0, 0.1) is 34.9 Å². The summed E-state index contributed by atoms with van der Waals surface area (Å²) in [4.78, 5) is 0. The normalized spacial score (nSPS) is 10.5. The highest BCUT2D eigenvalue weighted by Gasteiger charge is 2.28. The van der Waals surface area contributed by atoms with Gasteiger partial charge in [0.25, 0.3) is 0 Å². The first-order valence-corrected chi connectivity index (χ1v) is 5.58. The Bertz CT molecular complexity index is 606. The molecule has 0 radical (unpaired) electrons. The van der Waals surface area contributed by atoms with Gasteiger partial charge in [-0.3, -0.25) is 0 Å². The summed E-state index contributed by atoms with van der Waals surface area (Å²) in [6, 6.07) is 1.02. The first kappa shape index (κ1) is 16.0. The quantitative estimate of drug-likeness (QED) is 0.695. The molecular formula is C12H5BF6O3. The fourth-order valence-corrected chi connectivity index (χ4v) is 1.51. The van der Waals surface area contributed by atoms with Crippen molar-refractivity contribution in [3.63, 3.8) is 0 Å². The van der Waals surface area contributed by atoms with Gasteiger partial charge in [0.15, 0.2) is 34.8 Å². The van der Waals surface area contributed by atoms with Gasteiger partial charge < -0.3 is 14.3 Å². The van der Waals surface area contributed by atoms with Crippen LogP contribution in [0.5, 0.6) is 11.5 Å². The maximum atomic E-state index is 13.3. The summed E-state index contributed by atoms with van der Waals surface area (Å²) in [5.74, 6) is -11.0. The first-order chi connectivity index (χ1) is 10.3. The van der Waals surface area contributed by atoms with Gasteiger partial charge in [0.1, 0.15) is 11.6 Å². The van der Waals surface area contributed by atoms with Crippen molar-refractivity contribution in [1.29, 1.82) is 0 Å². The Hall–Kier alpha value is -2.36. The SMILES string of the molecule is OB(Oc1c(F)cc(F)cc1F)Oc1c(F)cc(F)cc1F. The van der Waals surface area contributed by atoms with E-state index in [1.807, 2.05) is 0 Å². The molecule has 0 saturated heterocycles. The van der Waals surface area contributed by atoms with Crippen molar-refractivity contribution in [2.24, 2.45) is 0 Å². The van der Waals surface area contributed by atoms with Crippen molar-refractivity contribution < 1.29 is 40.7 Å². The minimum atomic E-state index is -2.54. The average molecular weight is 322 g/mol. The molecule has 0 unspecified atom stereocenters. The van der Waals surface area contributed by atoms with Gasteiger partial charge in [-0.25, -0.2) is 26.3 Å². The molecule has 2 rings (SSSR count). The highest BCUT2D eigenvalue weighted by Crippen LogP contribution is 2.26. The van der Waals surface area contributed by atoms with Gasteiger partial charge in [-0.1, -0.05) is 0 Å². The summed E-state index contributed by atoms with van der Waals surface area (Å²) in [6.07, 6.45) is 0. The van der Waals surface area contributed by atoms with Gasteiger partial charge >= 0.3 is 7.32 Å². The second-order valence-corrected chi connectivity index (χ2v) is 3.94. The Labute approximate surface area is 119 Å². The van der Waals surface area contributed by atoms with Crippen molar-refractivity contribution in [3.05, 3.63) is 59.2 Å². The van der Waals surface area contributed by atoms with E-state index >= 15 is 0 Å². The molecule has 0 heterocycles. The number of halogens is 6. The molecule has 0 fully saturated rings. The third-order valence-corrected chi connectivity index (χ3v) is 2.36. The third-order valence-electron chi connectivity index (χ3n) is 2.36. The lowest BCUT2D eigenvalue weighted by Crippen LogP contribution is -2.31. The first-order valence-electron chi connectivity index (χ1n) is 5.58. The fraction of sp³-hybridized carbons (Fsp3) is 0. The van der Waals surface area contributed by atoms with Crippen LogP contribution in [-0.4, -0.2) is 12.3 Å². The molecule has 0 amide bonds. The van der Waals surface area contributed by atoms with E-state index in [1.165, 1.54) is 0 Å². The molecule has 3 nitrogen and oxygen atoms in total. The zero-order chi connectivity index (χ0) is 16.4. The molecule has 22 heavy (non-hydrogen) atoms. The number of hydrogen-bond donors (Lipinski definition) is 1. The molecule has 0 spiro atoms. The van der Waals surface area contributed by atoms with E-state index in [0.717, 1.165) is 0 Å². The Morgan fingerprint density at radius 1 is 0.636 bits per heavy atom. The summed E-state index contributed by atoms with van der Waals surface area (Å²) in [5, 5.41) is 9.29. The maximum Gasteiger partial charge on any atom is 0.785 e. The predicted octanol–water partition coefficient (Wildman–Crippen LogP) is 2.96. The lowest BCUT2D eigenvalue weighted by molar-refractivity contribution is 0.270. The van der Waals surface area contributed by atoms with Crippen LogP contribution in [0.3, 0.4) is 0 Å². The third kappa shape index (κ3) is 3.45. The van der Waals surface area contributed by atoms with E-state index < -0.39 is 53.7 Å². The minimum absolute atomic E-state index is 0.254. The Balaban J connectivity index is 2.19. The second kappa shape index (κ2) is 6.18. The summed E-state index contributed by atoms with van der Waals surface area (Å²) < 4.78 is 86.9. The zero-order valence-corrected chi connectivity index (χ0v) is 10.4. The number of benzene rings is 2. The van der Waals surface area contributed by atoms with E-state index in [1.54, 1.807) is 0 Å². The van der Waals surface area contributed by atoms with E-state index in [9.17, 15) is 31.4 Å².